The van der Waals surface area contributed by atoms with Crippen LogP contribution in [0.2, 0.25) is 0 Å². The maximum atomic E-state index is 12.1. The Labute approximate surface area is 156 Å². The van der Waals surface area contributed by atoms with Gasteiger partial charge in [-0.1, -0.05) is 6.07 Å². The van der Waals surface area contributed by atoms with E-state index in [-0.39, 0.29) is 12.3 Å². The summed E-state index contributed by atoms with van der Waals surface area (Å²) in [5, 5.41) is 13.3. The van der Waals surface area contributed by atoms with E-state index in [4.69, 9.17) is 4.74 Å². The van der Waals surface area contributed by atoms with Crippen LogP contribution < -0.4 is 15.0 Å². The molecule has 0 heterocycles. The highest BCUT2D eigenvalue weighted by Gasteiger charge is 2.12. The number of nitro benzene ring substituents is 1. The maximum Gasteiger partial charge on any atom is 0.271 e. The van der Waals surface area contributed by atoms with Gasteiger partial charge in [-0.05, 0) is 32.0 Å². The number of carbonyl (C=O) groups excluding carboxylic acids is 2. The molecule has 0 saturated carbocycles. The smallest absolute Gasteiger partial charge is 0.271 e. The number of non-ortho nitro benzene ring substituents is 1. The van der Waals surface area contributed by atoms with Gasteiger partial charge in [0.1, 0.15) is 5.75 Å². The fourth-order valence-corrected chi connectivity index (χ4v) is 2.57. The molecular formula is C19H21N3O5. The minimum absolute atomic E-state index is 0.121. The second-order valence-electron chi connectivity index (χ2n) is 5.66. The fourth-order valence-electron chi connectivity index (χ4n) is 2.57. The second kappa shape index (κ2) is 9.33. The number of aldehydes is 1. The van der Waals surface area contributed by atoms with E-state index in [0.717, 1.165) is 18.8 Å². The number of anilines is 2. The highest BCUT2D eigenvalue weighted by Crippen LogP contribution is 2.25. The molecule has 8 heteroatoms. The number of nitrogens with one attached hydrogen (secondary N) is 1. The Bertz CT molecular complexity index is 834. The Balaban J connectivity index is 2.07. The number of rotatable bonds is 9. The summed E-state index contributed by atoms with van der Waals surface area (Å²) in [5.74, 6) is -0.177. The molecule has 0 fully saturated rings. The van der Waals surface area contributed by atoms with Gasteiger partial charge in [0.15, 0.2) is 12.9 Å². The van der Waals surface area contributed by atoms with Gasteiger partial charge in [-0.2, -0.15) is 0 Å². The lowest BCUT2D eigenvalue weighted by Crippen LogP contribution is -2.23. The second-order valence-corrected chi connectivity index (χ2v) is 5.66. The molecule has 0 aliphatic heterocycles. The van der Waals surface area contributed by atoms with Gasteiger partial charge in [0.25, 0.3) is 11.6 Å². The van der Waals surface area contributed by atoms with E-state index < -0.39 is 10.8 Å². The largest absolute Gasteiger partial charge is 0.483 e. The first-order valence-corrected chi connectivity index (χ1v) is 8.49. The summed E-state index contributed by atoms with van der Waals surface area (Å²) in [6, 6.07) is 10.8. The first-order valence-electron chi connectivity index (χ1n) is 8.49. The van der Waals surface area contributed by atoms with Crippen LogP contribution in [-0.4, -0.2) is 36.8 Å². The van der Waals surface area contributed by atoms with Crippen LogP contribution in [-0.2, 0) is 4.79 Å². The van der Waals surface area contributed by atoms with E-state index in [1.54, 1.807) is 18.2 Å². The van der Waals surface area contributed by atoms with Crippen molar-refractivity contribution in [2.24, 2.45) is 0 Å². The molecule has 0 radical (unpaired) electrons. The molecule has 0 atom stereocenters. The van der Waals surface area contributed by atoms with Gasteiger partial charge < -0.3 is 15.0 Å². The summed E-state index contributed by atoms with van der Waals surface area (Å²) < 4.78 is 5.52. The molecule has 0 unspecified atom stereocenters. The Morgan fingerprint density at radius 2 is 1.96 bits per heavy atom. The van der Waals surface area contributed by atoms with Crippen LogP contribution in [0.5, 0.6) is 5.75 Å². The van der Waals surface area contributed by atoms with E-state index in [9.17, 15) is 19.7 Å². The van der Waals surface area contributed by atoms with E-state index in [1.165, 1.54) is 18.2 Å². The SMILES string of the molecule is CCN(CC)c1ccc(C=O)c(OCC(=O)Nc2cccc([N+](=O)[O-])c2)c1. The number of carbonyl (C=O) groups is 2. The average molecular weight is 371 g/mol. The summed E-state index contributed by atoms with van der Waals surface area (Å²) >= 11 is 0. The molecular weight excluding hydrogens is 350 g/mol. The molecule has 142 valence electrons. The van der Waals surface area contributed by atoms with Crippen molar-refractivity contribution in [1.29, 1.82) is 0 Å². The topological polar surface area (TPSA) is 102 Å². The highest BCUT2D eigenvalue weighted by atomic mass is 16.6. The molecule has 0 aliphatic carbocycles. The van der Waals surface area contributed by atoms with E-state index in [0.29, 0.717) is 23.3 Å². The Kier molecular flexibility index (Phi) is 6.87. The number of benzene rings is 2. The maximum absolute atomic E-state index is 12.1. The summed E-state index contributed by atoms with van der Waals surface area (Å²) in [4.78, 5) is 35.7. The van der Waals surface area contributed by atoms with Crippen LogP contribution in [0.1, 0.15) is 24.2 Å². The van der Waals surface area contributed by atoms with Gasteiger partial charge >= 0.3 is 0 Å². The van der Waals surface area contributed by atoms with Crippen molar-refractivity contribution in [1.82, 2.24) is 0 Å². The third-order valence-electron chi connectivity index (χ3n) is 3.95. The molecule has 1 N–H and O–H groups in total. The van der Waals surface area contributed by atoms with Crippen LogP contribution in [0.4, 0.5) is 17.1 Å². The molecule has 27 heavy (non-hydrogen) atoms. The number of ether oxygens (including phenoxy) is 1. The van der Waals surface area contributed by atoms with E-state index >= 15 is 0 Å². The number of nitro groups is 1. The van der Waals surface area contributed by atoms with Crippen molar-refractivity contribution >= 4 is 29.3 Å². The molecule has 2 aromatic carbocycles. The first-order chi connectivity index (χ1) is 13.0. The molecule has 8 nitrogen and oxygen atoms in total. The fraction of sp³-hybridized carbons (Fsp3) is 0.263. The van der Waals surface area contributed by atoms with Crippen LogP contribution in [0.3, 0.4) is 0 Å². The zero-order chi connectivity index (χ0) is 19.8. The number of hydrogen-bond donors (Lipinski definition) is 1. The predicted molar refractivity (Wildman–Crippen MR) is 103 cm³/mol. The molecule has 0 bridgehead atoms. The molecule has 0 spiro atoms. The van der Waals surface area contributed by atoms with Gasteiger partial charge in [0.2, 0.25) is 0 Å². The average Bonchev–Trinajstić information content (AvgIpc) is 2.67. The minimum atomic E-state index is -0.540. The number of nitrogens with zero attached hydrogens (tertiary/aromatic N) is 2. The molecule has 0 aliphatic rings. The van der Waals surface area contributed by atoms with Gasteiger partial charge in [-0.25, -0.2) is 0 Å². The number of hydrogen-bond acceptors (Lipinski definition) is 6. The summed E-state index contributed by atoms with van der Waals surface area (Å²) in [5.41, 5.74) is 1.41. The quantitative estimate of drug-likeness (QED) is 0.412. The zero-order valence-electron chi connectivity index (χ0n) is 15.2. The van der Waals surface area contributed by atoms with Crippen LogP contribution >= 0.6 is 0 Å². The lowest BCUT2D eigenvalue weighted by molar-refractivity contribution is -0.384. The lowest BCUT2D eigenvalue weighted by atomic mass is 10.2. The summed E-state index contributed by atoms with van der Waals surface area (Å²) in [6.45, 7) is 5.30. The molecule has 0 aromatic heterocycles. The van der Waals surface area contributed by atoms with Crippen molar-refractivity contribution in [2.45, 2.75) is 13.8 Å². The van der Waals surface area contributed by atoms with Gasteiger partial charge in [-0.15, -0.1) is 0 Å². The van der Waals surface area contributed by atoms with Crippen molar-refractivity contribution in [3.63, 3.8) is 0 Å². The summed E-state index contributed by atoms with van der Waals surface area (Å²) in [6.07, 6.45) is 0.666. The van der Waals surface area contributed by atoms with Gasteiger partial charge in [0.05, 0.1) is 10.5 Å². The highest BCUT2D eigenvalue weighted by molar-refractivity contribution is 5.92. The number of amides is 1. The first kappa shape index (κ1) is 19.9. The molecule has 2 aromatic rings. The normalized spacial score (nSPS) is 10.1. The monoisotopic (exact) mass is 371 g/mol. The van der Waals surface area contributed by atoms with Gasteiger partial charge in [0, 0.05) is 42.7 Å². The zero-order valence-corrected chi connectivity index (χ0v) is 15.2. The van der Waals surface area contributed by atoms with Gasteiger partial charge in [-0.3, -0.25) is 19.7 Å². The van der Waals surface area contributed by atoms with Crippen LogP contribution in [0, 0.1) is 10.1 Å². The van der Waals surface area contributed by atoms with Crippen molar-refractivity contribution in [3.05, 3.63) is 58.1 Å². The van der Waals surface area contributed by atoms with Crippen molar-refractivity contribution in [3.8, 4) is 5.75 Å². The Hall–Kier alpha value is -3.42. The standard InChI is InChI=1S/C19H21N3O5/c1-3-21(4-2)16-9-8-14(12-23)18(11-16)27-13-19(24)20-15-6-5-7-17(10-15)22(25)26/h5-12H,3-4,13H2,1-2H3,(H,20,24). The summed E-state index contributed by atoms with van der Waals surface area (Å²) in [7, 11) is 0. The van der Waals surface area contributed by atoms with Crippen LogP contribution in [0.25, 0.3) is 0 Å². The van der Waals surface area contributed by atoms with E-state index in [2.05, 4.69) is 10.2 Å². The molecule has 1 amide bonds. The van der Waals surface area contributed by atoms with Crippen molar-refractivity contribution < 1.29 is 19.2 Å². The predicted octanol–water partition coefficient (Wildman–Crippen LogP) is 3.27. The van der Waals surface area contributed by atoms with Crippen LogP contribution in [0.15, 0.2) is 42.5 Å². The molecule has 0 saturated heterocycles. The van der Waals surface area contributed by atoms with E-state index in [1.807, 2.05) is 19.9 Å². The minimum Gasteiger partial charge on any atom is -0.483 e. The third kappa shape index (κ3) is 5.27. The molecule has 2 rings (SSSR count). The Morgan fingerprint density at radius 3 is 2.59 bits per heavy atom. The Morgan fingerprint density at radius 1 is 1.22 bits per heavy atom. The third-order valence-corrected chi connectivity index (χ3v) is 3.95. The lowest BCUT2D eigenvalue weighted by Gasteiger charge is -2.22. The van der Waals surface area contributed by atoms with Crippen molar-refractivity contribution in [2.75, 3.05) is 29.9 Å².